The Morgan fingerprint density at radius 1 is 1.11 bits per heavy atom. The minimum atomic E-state index is 0.238. The smallest absolute Gasteiger partial charge is 0.0453 e. The van der Waals surface area contributed by atoms with E-state index in [1.54, 1.807) is 0 Å². The maximum absolute atomic E-state index is 6.18. The Morgan fingerprint density at radius 2 is 1.78 bits per heavy atom. The predicted octanol–water partition coefficient (Wildman–Crippen LogP) is 4.95. The summed E-state index contributed by atoms with van der Waals surface area (Å²) < 4.78 is 1.10. The molecule has 1 N–H and O–H groups in total. The molecule has 0 amide bonds. The lowest BCUT2D eigenvalue weighted by Crippen LogP contribution is -2.18. The lowest BCUT2D eigenvalue weighted by Gasteiger charge is -2.15. The minimum Gasteiger partial charge on any atom is -0.306 e. The standard InChI is InChI=1S/C15H15BrClN/c1-11(14-4-2-3-5-15(14)17)18-10-12-6-8-13(16)9-7-12/h2-9,11,18H,10H2,1H3/t11-/m0/s1. The molecule has 0 fully saturated rings. The molecule has 2 rings (SSSR count). The molecule has 18 heavy (non-hydrogen) atoms. The summed E-state index contributed by atoms with van der Waals surface area (Å²) in [4.78, 5) is 0. The van der Waals surface area contributed by atoms with Crippen LogP contribution in [0.4, 0.5) is 0 Å². The number of nitrogens with one attached hydrogen (secondary N) is 1. The van der Waals surface area contributed by atoms with Crippen LogP contribution in [-0.2, 0) is 6.54 Å². The average Bonchev–Trinajstić information content (AvgIpc) is 2.38. The van der Waals surface area contributed by atoms with Crippen LogP contribution in [0, 0.1) is 0 Å². The topological polar surface area (TPSA) is 12.0 Å². The molecule has 0 bridgehead atoms. The van der Waals surface area contributed by atoms with Crippen molar-refractivity contribution < 1.29 is 0 Å². The van der Waals surface area contributed by atoms with Gasteiger partial charge in [0.05, 0.1) is 0 Å². The summed E-state index contributed by atoms with van der Waals surface area (Å²) in [6.07, 6.45) is 0. The molecular formula is C15H15BrClN. The molecule has 2 aromatic rings. The zero-order valence-electron chi connectivity index (χ0n) is 10.2. The van der Waals surface area contributed by atoms with Crippen molar-refractivity contribution in [1.82, 2.24) is 5.32 Å². The molecule has 0 saturated carbocycles. The fourth-order valence-electron chi connectivity index (χ4n) is 1.81. The summed E-state index contributed by atoms with van der Waals surface area (Å²) in [6.45, 7) is 2.96. The zero-order valence-corrected chi connectivity index (χ0v) is 12.5. The first-order valence-electron chi connectivity index (χ1n) is 5.89. The van der Waals surface area contributed by atoms with Gasteiger partial charge >= 0.3 is 0 Å². The third-order valence-electron chi connectivity index (χ3n) is 2.90. The molecular weight excluding hydrogens is 310 g/mol. The van der Waals surface area contributed by atoms with Gasteiger partial charge in [-0.05, 0) is 36.2 Å². The van der Waals surface area contributed by atoms with Crippen molar-refractivity contribution >= 4 is 27.5 Å². The lowest BCUT2D eigenvalue weighted by atomic mass is 10.1. The van der Waals surface area contributed by atoms with Crippen LogP contribution in [-0.4, -0.2) is 0 Å². The van der Waals surface area contributed by atoms with Gasteiger partial charge in [0.15, 0.2) is 0 Å². The van der Waals surface area contributed by atoms with Gasteiger partial charge in [-0.3, -0.25) is 0 Å². The van der Waals surface area contributed by atoms with Gasteiger partial charge < -0.3 is 5.32 Å². The molecule has 0 aliphatic rings. The normalized spacial score (nSPS) is 12.4. The maximum Gasteiger partial charge on any atom is 0.0453 e. The van der Waals surface area contributed by atoms with E-state index in [0.717, 1.165) is 21.6 Å². The Bertz CT molecular complexity index is 510. The summed E-state index contributed by atoms with van der Waals surface area (Å²) in [7, 11) is 0. The monoisotopic (exact) mass is 323 g/mol. The molecule has 0 aliphatic carbocycles. The van der Waals surface area contributed by atoms with Crippen LogP contribution in [0.2, 0.25) is 5.02 Å². The average molecular weight is 325 g/mol. The van der Waals surface area contributed by atoms with Crippen molar-refractivity contribution in [3.05, 3.63) is 69.2 Å². The Morgan fingerprint density at radius 3 is 2.44 bits per heavy atom. The SMILES string of the molecule is C[C@H](NCc1ccc(Br)cc1)c1ccccc1Cl. The van der Waals surface area contributed by atoms with E-state index in [-0.39, 0.29) is 6.04 Å². The van der Waals surface area contributed by atoms with Crippen LogP contribution < -0.4 is 5.32 Å². The molecule has 0 aliphatic heterocycles. The molecule has 2 aromatic carbocycles. The van der Waals surface area contributed by atoms with E-state index >= 15 is 0 Å². The van der Waals surface area contributed by atoms with E-state index in [9.17, 15) is 0 Å². The van der Waals surface area contributed by atoms with E-state index in [4.69, 9.17) is 11.6 Å². The fourth-order valence-corrected chi connectivity index (χ4v) is 2.37. The number of hydrogen-bond acceptors (Lipinski definition) is 1. The zero-order chi connectivity index (χ0) is 13.0. The van der Waals surface area contributed by atoms with Crippen molar-refractivity contribution in [1.29, 1.82) is 0 Å². The van der Waals surface area contributed by atoms with Crippen molar-refractivity contribution in [2.24, 2.45) is 0 Å². The molecule has 1 nitrogen and oxygen atoms in total. The van der Waals surface area contributed by atoms with Crippen molar-refractivity contribution in [2.45, 2.75) is 19.5 Å². The highest BCUT2D eigenvalue weighted by atomic mass is 79.9. The van der Waals surface area contributed by atoms with E-state index < -0.39 is 0 Å². The number of benzene rings is 2. The van der Waals surface area contributed by atoms with Gasteiger partial charge in [-0.2, -0.15) is 0 Å². The summed E-state index contributed by atoms with van der Waals surface area (Å²) in [5.74, 6) is 0. The second-order valence-electron chi connectivity index (χ2n) is 4.25. The van der Waals surface area contributed by atoms with Crippen LogP contribution in [0.3, 0.4) is 0 Å². The number of hydrogen-bond donors (Lipinski definition) is 1. The molecule has 0 aromatic heterocycles. The number of rotatable bonds is 4. The van der Waals surface area contributed by atoms with Gasteiger partial charge in [-0.25, -0.2) is 0 Å². The molecule has 0 unspecified atom stereocenters. The van der Waals surface area contributed by atoms with Crippen LogP contribution >= 0.6 is 27.5 Å². The molecule has 0 spiro atoms. The first-order valence-corrected chi connectivity index (χ1v) is 7.06. The van der Waals surface area contributed by atoms with Crippen LogP contribution in [0.5, 0.6) is 0 Å². The van der Waals surface area contributed by atoms with Gasteiger partial charge in [0.2, 0.25) is 0 Å². The predicted molar refractivity (Wildman–Crippen MR) is 80.8 cm³/mol. The second-order valence-corrected chi connectivity index (χ2v) is 5.57. The Kier molecular flexibility index (Phi) is 4.81. The quantitative estimate of drug-likeness (QED) is 0.838. The Hall–Kier alpha value is -0.830. The first kappa shape index (κ1) is 13.6. The van der Waals surface area contributed by atoms with E-state index in [0.29, 0.717) is 0 Å². The Balaban J connectivity index is 1.98. The van der Waals surface area contributed by atoms with Gasteiger partial charge in [-0.1, -0.05) is 57.9 Å². The summed E-state index contributed by atoms with van der Waals surface area (Å²) >= 11 is 9.61. The third-order valence-corrected chi connectivity index (χ3v) is 3.77. The molecule has 0 heterocycles. The minimum absolute atomic E-state index is 0.238. The van der Waals surface area contributed by atoms with Crippen molar-refractivity contribution in [3.8, 4) is 0 Å². The molecule has 3 heteroatoms. The van der Waals surface area contributed by atoms with Crippen LogP contribution in [0.15, 0.2) is 53.0 Å². The van der Waals surface area contributed by atoms with Gasteiger partial charge in [0.1, 0.15) is 0 Å². The van der Waals surface area contributed by atoms with Gasteiger partial charge in [0, 0.05) is 22.1 Å². The van der Waals surface area contributed by atoms with E-state index in [1.807, 2.05) is 18.2 Å². The highest BCUT2D eigenvalue weighted by molar-refractivity contribution is 9.10. The van der Waals surface area contributed by atoms with Crippen LogP contribution in [0.1, 0.15) is 24.1 Å². The van der Waals surface area contributed by atoms with Gasteiger partial charge in [0.25, 0.3) is 0 Å². The molecule has 94 valence electrons. The summed E-state index contributed by atoms with van der Waals surface area (Å²) in [5, 5.41) is 4.29. The summed E-state index contributed by atoms with van der Waals surface area (Å²) in [5.41, 5.74) is 2.40. The largest absolute Gasteiger partial charge is 0.306 e. The molecule has 1 atom stereocenters. The van der Waals surface area contributed by atoms with Crippen molar-refractivity contribution in [2.75, 3.05) is 0 Å². The highest BCUT2D eigenvalue weighted by Crippen LogP contribution is 2.22. The fraction of sp³-hybridized carbons (Fsp3) is 0.200. The molecule has 0 radical (unpaired) electrons. The maximum atomic E-state index is 6.18. The lowest BCUT2D eigenvalue weighted by molar-refractivity contribution is 0.575. The Labute approximate surface area is 121 Å². The second kappa shape index (κ2) is 6.37. The van der Waals surface area contributed by atoms with E-state index in [1.165, 1.54) is 5.56 Å². The number of halogens is 2. The van der Waals surface area contributed by atoms with Crippen LogP contribution in [0.25, 0.3) is 0 Å². The third kappa shape index (κ3) is 3.58. The summed E-state index contributed by atoms with van der Waals surface area (Å²) in [6, 6.07) is 16.5. The van der Waals surface area contributed by atoms with Crippen molar-refractivity contribution in [3.63, 3.8) is 0 Å². The first-order chi connectivity index (χ1) is 8.66. The van der Waals surface area contributed by atoms with Gasteiger partial charge in [-0.15, -0.1) is 0 Å². The molecule has 0 saturated heterocycles. The van der Waals surface area contributed by atoms with E-state index in [2.05, 4.69) is 58.5 Å². The highest BCUT2D eigenvalue weighted by Gasteiger charge is 2.07.